The van der Waals surface area contributed by atoms with E-state index in [-0.39, 0.29) is 5.56 Å². The molecule has 0 unspecified atom stereocenters. The minimum atomic E-state index is -0.574. The van der Waals surface area contributed by atoms with Crippen molar-refractivity contribution >= 4 is 22.5 Å². The van der Waals surface area contributed by atoms with Gasteiger partial charge in [0.25, 0.3) is 5.91 Å². The fraction of sp³-hybridized carbons (Fsp3) is 0.200. The molecule has 0 aliphatic heterocycles. The Kier molecular flexibility index (Phi) is 4.75. The van der Waals surface area contributed by atoms with Gasteiger partial charge in [-0.2, -0.15) is 0 Å². The van der Waals surface area contributed by atoms with Crippen LogP contribution in [0.4, 0.5) is 10.1 Å². The first kappa shape index (κ1) is 17.7. The molecule has 134 valence electrons. The molecule has 5 nitrogen and oxygen atoms in total. The highest BCUT2D eigenvalue weighted by molar-refractivity contribution is 6.06. The largest absolute Gasteiger partial charge is 0.497 e. The number of methoxy groups -OCH3 is 1. The molecule has 0 spiro atoms. The zero-order chi connectivity index (χ0) is 18.8. The number of fused-ring (bicyclic) bond motifs is 1. The van der Waals surface area contributed by atoms with Crippen LogP contribution in [0.25, 0.3) is 10.9 Å². The van der Waals surface area contributed by atoms with Crippen LogP contribution in [0.3, 0.4) is 0 Å². The molecule has 3 rings (SSSR count). The van der Waals surface area contributed by atoms with E-state index >= 15 is 0 Å². The van der Waals surface area contributed by atoms with E-state index in [9.17, 15) is 14.0 Å². The third-order valence-corrected chi connectivity index (χ3v) is 4.32. The van der Waals surface area contributed by atoms with Gasteiger partial charge in [-0.1, -0.05) is 6.07 Å². The number of aryl methyl sites for hydroxylation is 2. The van der Waals surface area contributed by atoms with Crippen molar-refractivity contribution in [2.45, 2.75) is 20.4 Å². The maximum atomic E-state index is 13.5. The Morgan fingerprint density at radius 3 is 2.69 bits per heavy atom. The van der Waals surface area contributed by atoms with E-state index < -0.39 is 17.2 Å². The predicted octanol–water partition coefficient (Wildman–Crippen LogP) is 3.73. The van der Waals surface area contributed by atoms with Crippen molar-refractivity contribution < 1.29 is 13.9 Å². The van der Waals surface area contributed by atoms with E-state index in [1.807, 2.05) is 11.5 Å². The number of ether oxygens (including phenoxy) is 1. The van der Waals surface area contributed by atoms with E-state index in [4.69, 9.17) is 4.74 Å². The topological polar surface area (TPSA) is 60.3 Å². The minimum Gasteiger partial charge on any atom is -0.497 e. The summed E-state index contributed by atoms with van der Waals surface area (Å²) in [6.45, 7) is 4.26. The van der Waals surface area contributed by atoms with Crippen molar-refractivity contribution in [2.75, 3.05) is 12.4 Å². The van der Waals surface area contributed by atoms with E-state index in [2.05, 4.69) is 5.32 Å². The highest BCUT2D eigenvalue weighted by atomic mass is 19.1. The Hall–Kier alpha value is -3.15. The van der Waals surface area contributed by atoms with Crippen LogP contribution in [0.1, 0.15) is 22.8 Å². The zero-order valence-corrected chi connectivity index (χ0v) is 14.8. The molecule has 1 heterocycles. The second-order valence-corrected chi connectivity index (χ2v) is 5.95. The maximum absolute atomic E-state index is 13.5. The number of carbonyl (C=O) groups is 1. The van der Waals surface area contributed by atoms with E-state index in [0.717, 1.165) is 5.52 Å². The summed E-state index contributed by atoms with van der Waals surface area (Å²) in [6, 6.07) is 9.29. The Labute approximate surface area is 150 Å². The van der Waals surface area contributed by atoms with Gasteiger partial charge in [0.1, 0.15) is 17.1 Å². The summed E-state index contributed by atoms with van der Waals surface area (Å²) in [4.78, 5) is 25.5. The first-order valence-corrected chi connectivity index (χ1v) is 8.23. The van der Waals surface area contributed by atoms with E-state index in [1.54, 1.807) is 31.2 Å². The SMILES string of the molecule is CCn1cc(C(=O)Nc2cc(F)ccc2C)c(=O)c2cc(OC)ccc21. The molecule has 0 atom stereocenters. The number of aromatic nitrogens is 1. The van der Waals surface area contributed by atoms with Gasteiger partial charge in [0, 0.05) is 18.4 Å². The fourth-order valence-electron chi connectivity index (χ4n) is 2.85. The molecule has 0 bridgehead atoms. The number of carbonyl (C=O) groups excluding carboxylic acids is 1. The summed E-state index contributed by atoms with van der Waals surface area (Å²) in [5, 5.41) is 3.03. The number of hydrogen-bond acceptors (Lipinski definition) is 3. The normalized spacial score (nSPS) is 10.8. The van der Waals surface area contributed by atoms with Crippen LogP contribution >= 0.6 is 0 Å². The van der Waals surface area contributed by atoms with Crippen molar-refractivity contribution in [1.29, 1.82) is 0 Å². The maximum Gasteiger partial charge on any atom is 0.261 e. The number of halogens is 1. The van der Waals surface area contributed by atoms with Crippen molar-refractivity contribution in [1.82, 2.24) is 4.57 Å². The van der Waals surface area contributed by atoms with Gasteiger partial charge >= 0.3 is 0 Å². The third-order valence-electron chi connectivity index (χ3n) is 4.32. The average Bonchev–Trinajstić information content (AvgIpc) is 2.64. The van der Waals surface area contributed by atoms with E-state index in [0.29, 0.717) is 28.9 Å². The lowest BCUT2D eigenvalue weighted by atomic mass is 10.1. The molecule has 2 aromatic carbocycles. The summed E-state index contributed by atoms with van der Waals surface area (Å²) < 4.78 is 20.5. The molecule has 1 aromatic heterocycles. The van der Waals surface area contributed by atoms with Gasteiger partial charge < -0.3 is 14.6 Å². The fourth-order valence-corrected chi connectivity index (χ4v) is 2.85. The van der Waals surface area contributed by atoms with Gasteiger partial charge in [-0.25, -0.2) is 4.39 Å². The molecule has 26 heavy (non-hydrogen) atoms. The first-order valence-electron chi connectivity index (χ1n) is 8.23. The summed E-state index contributed by atoms with van der Waals surface area (Å²) in [5.41, 5.74) is 1.37. The van der Waals surface area contributed by atoms with Gasteiger partial charge in [0.15, 0.2) is 0 Å². The Morgan fingerprint density at radius 2 is 2.00 bits per heavy atom. The molecular weight excluding hydrogens is 335 g/mol. The van der Waals surface area contributed by atoms with Crippen LogP contribution in [-0.2, 0) is 6.54 Å². The number of rotatable bonds is 4. The smallest absolute Gasteiger partial charge is 0.261 e. The van der Waals surface area contributed by atoms with E-state index in [1.165, 1.54) is 25.4 Å². The summed E-state index contributed by atoms with van der Waals surface area (Å²) in [6.07, 6.45) is 1.53. The molecule has 0 aliphatic carbocycles. The molecule has 6 heteroatoms. The summed E-state index contributed by atoms with van der Waals surface area (Å²) >= 11 is 0. The van der Waals surface area contributed by atoms with Crippen LogP contribution in [-0.4, -0.2) is 17.6 Å². The standard InChI is InChI=1S/C20H19FN2O3/c1-4-23-11-16(19(24)15-10-14(26-3)7-8-18(15)23)20(25)22-17-9-13(21)6-5-12(17)2/h5-11H,4H2,1-3H3,(H,22,25). The number of amides is 1. The second-order valence-electron chi connectivity index (χ2n) is 5.95. The monoisotopic (exact) mass is 354 g/mol. The number of hydrogen-bond donors (Lipinski definition) is 1. The highest BCUT2D eigenvalue weighted by Gasteiger charge is 2.17. The Balaban J connectivity index is 2.11. The van der Waals surface area contributed by atoms with Crippen LogP contribution in [0.2, 0.25) is 0 Å². The van der Waals surface area contributed by atoms with Crippen molar-refractivity contribution in [2.24, 2.45) is 0 Å². The number of nitrogens with one attached hydrogen (secondary N) is 1. The van der Waals surface area contributed by atoms with Gasteiger partial charge in [-0.3, -0.25) is 9.59 Å². The summed E-state index contributed by atoms with van der Waals surface area (Å²) in [5.74, 6) is -0.494. The first-order chi connectivity index (χ1) is 12.4. The lowest BCUT2D eigenvalue weighted by molar-refractivity contribution is 0.102. The molecule has 3 aromatic rings. The van der Waals surface area contributed by atoms with Crippen LogP contribution in [0.15, 0.2) is 47.4 Å². The van der Waals surface area contributed by atoms with Gasteiger partial charge in [-0.05, 0) is 49.7 Å². The van der Waals surface area contributed by atoms with Crippen molar-refractivity contribution in [3.05, 3.63) is 69.8 Å². The van der Waals surface area contributed by atoms with Gasteiger partial charge in [-0.15, -0.1) is 0 Å². The van der Waals surface area contributed by atoms with Crippen LogP contribution in [0.5, 0.6) is 5.75 Å². The highest BCUT2D eigenvalue weighted by Crippen LogP contribution is 2.20. The lowest BCUT2D eigenvalue weighted by Crippen LogP contribution is -2.24. The molecule has 1 amide bonds. The molecule has 0 radical (unpaired) electrons. The Morgan fingerprint density at radius 1 is 1.23 bits per heavy atom. The van der Waals surface area contributed by atoms with Crippen LogP contribution in [0, 0.1) is 12.7 Å². The third kappa shape index (κ3) is 3.18. The van der Waals surface area contributed by atoms with Gasteiger partial charge in [0.05, 0.1) is 18.0 Å². The quantitative estimate of drug-likeness (QED) is 0.777. The lowest BCUT2D eigenvalue weighted by Gasteiger charge is -2.13. The molecule has 0 aliphatic rings. The minimum absolute atomic E-state index is 0.00346. The summed E-state index contributed by atoms with van der Waals surface area (Å²) in [7, 11) is 1.52. The molecule has 0 fully saturated rings. The van der Waals surface area contributed by atoms with Crippen LogP contribution < -0.4 is 15.5 Å². The van der Waals surface area contributed by atoms with Crippen molar-refractivity contribution in [3.63, 3.8) is 0 Å². The molecular formula is C20H19FN2O3. The zero-order valence-electron chi connectivity index (χ0n) is 14.8. The number of anilines is 1. The molecule has 0 saturated carbocycles. The second kappa shape index (κ2) is 7.00. The molecule has 1 N–H and O–H groups in total. The Bertz CT molecular complexity index is 1060. The molecule has 0 saturated heterocycles. The average molecular weight is 354 g/mol. The van der Waals surface area contributed by atoms with Gasteiger partial charge in [0.2, 0.25) is 5.43 Å². The number of pyridine rings is 1. The number of benzene rings is 2. The van der Waals surface area contributed by atoms with Crippen molar-refractivity contribution in [3.8, 4) is 5.75 Å². The predicted molar refractivity (Wildman–Crippen MR) is 99.5 cm³/mol. The number of nitrogens with zero attached hydrogens (tertiary/aromatic N) is 1.